The van der Waals surface area contributed by atoms with Crippen LogP contribution in [0.5, 0.6) is 0 Å². The lowest BCUT2D eigenvalue weighted by Crippen LogP contribution is -2.28. The first kappa shape index (κ1) is 13.3. The molecule has 0 spiro atoms. The van der Waals surface area contributed by atoms with E-state index in [0.29, 0.717) is 6.04 Å². The molecular formula is C14H16F2N2O2. The van der Waals surface area contributed by atoms with E-state index in [1.807, 2.05) is 0 Å². The highest BCUT2D eigenvalue weighted by Crippen LogP contribution is 2.31. The Labute approximate surface area is 115 Å². The zero-order valence-electron chi connectivity index (χ0n) is 10.9. The molecule has 1 saturated carbocycles. The fourth-order valence-corrected chi connectivity index (χ4v) is 2.72. The molecule has 1 aliphatic carbocycles. The summed E-state index contributed by atoms with van der Waals surface area (Å²) in [6, 6.07) is 3.14. The summed E-state index contributed by atoms with van der Waals surface area (Å²) in [5.74, 6) is -3.89. The van der Waals surface area contributed by atoms with Gasteiger partial charge >= 0.3 is 5.97 Å². The zero-order chi connectivity index (χ0) is 14.3. The lowest BCUT2D eigenvalue weighted by atomic mass is 10.1. The quantitative estimate of drug-likeness (QED) is 0.890. The summed E-state index contributed by atoms with van der Waals surface area (Å²) in [6.07, 6.45) is 3.34. The number of benzene rings is 1. The van der Waals surface area contributed by atoms with Gasteiger partial charge in [-0.25, -0.2) is 13.6 Å². The molecule has 4 nitrogen and oxygen atoms in total. The van der Waals surface area contributed by atoms with Gasteiger partial charge in [0.05, 0.1) is 11.3 Å². The van der Waals surface area contributed by atoms with E-state index < -0.39 is 23.2 Å². The number of nitrogens with one attached hydrogen (secondary N) is 1. The molecular weight excluding hydrogens is 266 g/mol. The van der Waals surface area contributed by atoms with Gasteiger partial charge < -0.3 is 10.4 Å². The van der Waals surface area contributed by atoms with Crippen LogP contribution >= 0.6 is 0 Å². The molecule has 0 amide bonds. The largest absolute Gasteiger partial charge is 0.478 e. The molecule has 1 atom stereocenters. The minimum absolute atomic E-state index is 0.0372. The normalized spacial score (nSPS) is 23.0. The number of hydrogen-bond acceptors (Lipinski definition) is 3. The van der Waals surface area contributed by atoms with Gasteiger partial charge in [0.1, 0.15) is 0 Å². The van der Waals surface area contributed by atoms with Gasteiger partial charge in [0.2, 0.25) is 0 Å². The van der Waals surface area contributed by atoms with Gasteiger partial charge in [0.25, 0.3) is 0 Å². The van der Waals surface area contributed by atoms with Crippen LogP contribution in [0.1, 0.15) is 29.6 Å². The van der Waals surface area contributed by atoms with E-state index in [1.54, 1.807) is 0 Å². The first-order valence-corrected chi connectivity index (χ1v) is 6.78. The standard InChI is InChI=1S/C14H16F2N2O2/c15-12-10(14(19)20)3-4-11(13(12)16)17-8-5-6-18(7-8)9-1-2-9/h3-4,8-9,17H,1-2,5-7H2,(H,19,20). The van der Waals surface area contributed by atoms with Crippen LogP contribution in [0.25, 0.3) is 0 Å². The molecule has 1 aromatic carbocycles. The second kappa shape index (κ2) is 5.01. The van der Waals surface area contributed by atoms with E-state index in [9.17, 15) is 13.6 Å². The summed E-state index contributed by atoms with van der Waals surface area (Å²) in [5.41, 5.74) is -0.603. The van der Waals surface area contributed by atoms with Crippen LogP contribution in [-0.4, -0.2) is 41.1 Å². The number of anilines is 1. The third-order valence-electron chi connectivity index (χ3n) is 3.96. The average Bonchev–Trinajstić information content (AvgIpc) is 3.15. The number of nitrogens with zero attached hydrogens (tertiary/aromatic N) is 1. The monoisotopic (exact) mass is 282 g/mol. The van der Waals surface area contributed by atoms with Crippen LogP contribution in [0.15, 0.2) is 12.1 Å². The summed E-state index contributed by atoms with van der Waals surface area (Å²) in [5, 5.41) is 11.7. The maximum absolute atomic E-state index is 13.8. The molecule has 0 radical (unpaired) electrons. The number of likely N-dealkylation sites (tertiary alicyclic amines) is 1. The number of aromatic carboxylic acids is 1. The van der Waals surface area contributed by atoms with E-state index >= 15 is 0 Å². The SMILES string of the molecule is O=C(O)c1ccc(NC2CCN(C3CC3)C2)c(F)c1F. The minimum Gasteiger partial charge on any atom is -0.478 e. The van der Waals surface area contributed by atoms with E-state index in [2.05, 4.69) is 10.2 Å². The molecule has 1 unspecified atom stereocenters. The van der Waals surface area contributed by atoms with E-state index in [0.717, 1.165) is 25.6 Å². The Balaban J connectivity index is 1.71. The number of halogens is 2. The van der Waals surface area contributed by atoms with Crippen LogP contribution in [0.3, 0.4) is 0 Å². The number of hydrogen-bond donors (Lipinski definition) is 2. The van der Waals surface area contributed by atoms with Crippen LogP contribution < -0.4 is 5.32 Å². The Morgan fingerprint density at radius 1 is 1.25 bits per heavy atom. The number of carboxylic acids is 1. The molecule has 2 aliphatic rings. The highest BCUT2D eigenvalue weighted by molar-refractivity contribution is 5.88. The molecule has 1 aliphatic heterocycles. The highest BCUT2D eigenvalue weighted by Gasteiger charge is 2.34. The zero-order valence-corrected chi connectivity index (χ0v) is 10.9. The van der Waals surface area contributed by atoms with Gasteiger partial charge in [0, 0.05) is 25.2 Å². The van der Waals surface area contributed by atoms with Crippen molar-refractivity contribution in [2.45, 2.75) is 31.3 Å². The van der Waals surface area contributed by atoms with Gasteiger partial charge in [-0.3, -0.25) is 4.90 Å². The van der Waals surface area contributed by atoms with Gasteiger partial charge in [0.15, 0.2) is 11.6 Å². The van der Waals surface area contributed by atoms with Crippen molar-refractivity contribution in [3.63, 3.8) is 0 Å². The van der Waals surface area contributed by atoms with E-state index in [1.165, 1.54) is 18.9 Å². The van der Waals surface area contributed by atoms with E-state index in [4.69, 9.17) is 5.11 Å². The Hall–Kier alpha value is -1.69. The fraction of sp³-hybridized carbons (Fsp3) is 0.500. The predicted octanol–water partition coefficient (Wildman–Crippen LogP) is 2.31. The third kappa shape index (κ3) is 2.47. The van der Waals surface area contributed by atoms with Gasteiger partial charge in [-0.05, 0) is 31.4 Å². The van der Waals surface area contributed by atoms with E-state index in [-0.39, 0.29) is 11.7 Å². The predicted molar refractivity (Wildman–Crippen MR) is 69.9 cm³/mol. The molecule has 2 N–H and O–H groups in total. The molecule has 1 aromatic rings. The lowest BCUT2D eigenvalue weighted by Gasteiger charge is -2.17. The molecule has 6 heteroatoms. The summed E-state index contributed by atoms with van der Waals surface area (Å²) in [6.45, 7) is 1.80. The van der Waals surface area contributed by atoms with Crippen LogP contribution in [0.2, 0.25) is 0 Å². The highest BCUT2D eigenvalue weighted by atomic mass is 19.2. The topological polar surface area (TPSA) is 52.6 Å². The molecule has 1 heterocycles. The Morgan fingerprint density at radius 2 is 2.00 bits per heavy atom. The second-order valence-electron chi connectivity index (χ2n) is 5.45. The smallest absolute Gasteiger partial charge is 0.338 e. The number of rotatable bonds is 4. The number of carboxylic acid groups (broad SMARTS) is 1. The summed E-state index contributed by atoms with van der Waals surface area (Å²) in [7, 11) is 0. The Morgan fingerprint density at radius 3 is 2.65 bits per heavy atom. The van der Waals surface area contributed by atoms with Crippen LogP contribution in [0.4, 0.5) is 14.5 Å². The lowest BCUT2D eigenvalue weighted by molar-refractivity contribution is 0.0690. The van der Waals surface area contributed by atoms with Crippen molar-refractivity contribution >= 4 is 11.7 Å². The summed E-state index contributed by atoms with van der Waals surface area (Å²) >= 11 is 0. The maximum atomic E-state index is 13.8. The first-order chi connectivity index (χ1) is 9.56. The first-order valence-electron chi connectivity index (χ1n) is 6.78. The summed E-state index contributed by atoms with van der Waals surface area (Å²) in [4.78, 5) is 13.1. The average molecular weight is 282 g/mol. The van der Waals surface area contributed by atoms with Gasteiger partial charge in [-0.2, -0.15) is 0 Å². The van der Waals surface area contributed by atoms with Crippen LogP contribution in [0, 0.1) is 11.6 Å². The van der Waals surface area contributed by atoms with Crippen molar-refractivity contribution in [3.05, 3.63) is 29.3 Å². The van der Waals surface area contributed by atoms with Crippen molar-refractivity contribution in [1.29, 1.82) is 0 Å². The minimum atomic E-state index is -1.46. The Kier molecular flexibility index (Phi) is 3.33. The molecule has 108 valence electrons. The van der Waals surface area contributed by atoms with Crippen molar-refractivity contribution in [3.8, 4) is 0 Å². The molecule has 0 aromatic heterocycles. The molecule has 1 saturated heterocycles. The van der Waals surface area contributed by atoms with Crippen molar-refractivity contribution < 1.29 is 18.7 Å². The maximum Gasteiger partial charge on any atom is 0.338 e. The summed E-state index contributed by atoms with van der Waals surface area (Å²) < 4.78 is 27.4. The fourth-order valence-electron chi connectivity index (χ4n) is 2.72. The van der Waals surface area contributed by atoms with Crippen LogP contribution in [-0.2, 0) is 0 Å². The molecule has 2 fully saturated rings. The Bertz CT molecular complexity index is 546. The molecule has 20 heavy (non-hydrogen) atoms. The third-order valence-corrected chi connectivity index (χ3v) is 3.96. The van der Waals surface area contributed by atoms with Crippen molar-refractivity contribution in [1.82, 2.24) is 4.90 Å². The molecule has 0 bridgehead atoms. The van der Waals surface area contributed by atoms with Crippen molar-refractivity contribution in [2.24, 2.45) is 0 Å². The van der Waals surface area contributed by atoms with Gasteiger partial charge in [-0.15, -0.1) is 0 Å². The van der Waals surface area contributed by atoms with Crippen molar-refractivity contribution in [2.75, 3.05) is 18.4 Å². The van der Waals surface area contributed by atoms with Gasteiger partial charge in [-0.1, -0.05) is 0 Å². The second-order valence-corrected chi connectivity index (χ2v) is 5.45. The number of carbonyl (C=O) groups is 1. The molecule has 3 rings (SSSR count).